The van der Waals surface area contributed by atoms with E-state index in [1.165, 1.54) is 4.90 Å². The molecule has 0 saturated heterocycles. The number of amides is 1. The van der Waals surface area contributed by atoms with Gasteiger partial charge in [-0.3, -0.25) is 19.9 Å². The van der Waals surface area contributed by atoms with Gasteiger partial charge < -0.3 is 20.6 Å². The summed E-state index contributed by atoms with van der Waals surface area (Å²) in [6, 6.07) is 12.1. The number of amidine groups is 1. The van der Waals surface area contributed by atoms with E-state index < -0.39 is 18.6 Å². The van der Waals surface area contributed by atoms with Crippen molar-refractivity contribution in [3.05, 3.63) is 64.8 Å². The predicted molar refractivity (Wildman–Crippen MR) is 134 cm³/mol. The first kappa shape index (κ1) is 25.8. The molecule has 3 aromatic rings. The molecule has 4 rings (SSSR count). The number of rotatable bonds is 9. The number of benzene rings is 2. The van der Waals surface area contributed by atoms with Crippen LogP contribution in [-0.2, 0) is 11.2 Å². The number of H-pyrrole nitrogens is 1. The van der Waals surface area contributed by atoms with Crippen LogP contribution in [0.3, 0.4) is 0 Å². The lowest BCUT2D eigenvalue weighted by atomic mass is 9.99. The molecule has 1 aliphatic rings. The third kappa shape index (κ3) is 5.99. The Labute approximate surface area is 208 Å². The maximum Gasteiger partial charge on any atom is 0.416 e. The van der Waals surface area contributed by atoms with Crippen LogP contribution in [-0.4, -0.2) is 51.3 Å². The van der Waals surface area contributed by atoms with Crippen molar-refractivity contribution < 1.29 is 24.2 Å². The van der Waals surface area contributed by atoms with E-state index >= 15 is 0 Å². The first-order valence-corrected chi connectivity index (χ1v) is 11.0. The number of carboxylic acid groups (broad SMARTS) is 1. The predicted octanol–water partition coefficient (Wildman–Crippen LogP) is 4.05. The van der Waals surface area contributed by atoms with Crippen molar-refractivity contribution in [3.63, 3.8) is 0 Å². The SMILES string of the molecule is Cc1[nH]c2ccc(OC(=O)N(CC(=O)O)C3CC3)cc2c1C(=O)CCc1ccc(C(=N)N)cc1.Cl. The second kappa shape index (κ2) is 10.6. The van der Waals surface area contributed by atoms with Gasteiger partial charge in [-0.2, -0.15) is 0 Å². The van der Waals surface area contributed by atoms with E-state index in [2.05, 4.69) is 4.98 Å². The summed E-state index contributed by atoms with van der Waals surface area (Å²) in [5, 5.41) is 17.2. The fourth-order valence-corrected chi connectivity index (χ4v) is 4.00. The Bertz CT molecular complexity index is 1280. The van der Waals surface area contributed by atoms with Crippen molar-refractivity contribution >= 4 is 47.0 Å². The first-order chi connectivity index (χ1) is 16.2. The molecule has 2 aromatic carbocycles. The fourth-order valence-electron chi connectivity index (χ4n) is 4.00. The number of fused-ring (bicyclic) bond motifs is 1. The molecule has 35 heavy (non-hydrogen) atoms. The number of hydrogen-bond donors (Lipinski definition) is 4. The van der Waals surface area contributed by atoms with Gasteiger partial charge in [0.15, 0.2) is 5.78 Å². The summed E-state index contributed by atoms with van der Waals surface area (Å²) >= 11 is 0. The summed E-state index contributed by atoms with van der Waals surface area (Å²) in [6.45, 7) is 1.41. The van der Waals surface area contributed by atoms with Crippen LogP contribution in [0.15, 0.2) is 42.5 Å². The minimum atomic E-state index is -1.09. The molecule has 1 heterocycles. The van der Waals surface area contributed by atoms with E-state index in [-0.39, 0.29) is 42.2 Å². The molecule has 0 atom stereocenters. The number of nitrogens with one attached hydrogen (secondary N) is 2. The number of nitrogens with zero attached hydrogens (tertiary/aromatic N) is 1. The van der Waals surface area contributed by atoms with Crippen LogP contribution in [0.2, 0.25) is 0 Å². The second-order valence-electron chi connectivity index (χ2n) is 8.49. The van der Waals surface area contributed by atoms with Gasteiger partial charge >= 0.3 is 12.1 Å². The molecule has 10 heteroatoms. The Morgan fingerprint density at radius 1 is 1.17 bits per heavy atom. The molecule has 1 aliphatic carbocycles. The molecule has 1 saturated carbocycles. The number of aliphatic carboxylic acids is 1. The smallest absolute Gasteiger partial charge is 0.416 e. The van der Waals surface area contributed by atoms with Gasteiger partial charge in [-0.05, 0) is 49.9 Å². The number of Topliss-reactive ketones (excluding diaryl/α,β-unsaturated/α-hetero) is 1. The van der Waals surface area contributed by atoms with Crippen LogP contribution >= 0.6 is 12.4 Å². The van der Waals surface area contributed by atoms with Crippen LogP contribution in [0, 0.1) is 12.3 Å². The molecule has 9 nitrogen and oxygen atoms in total. The van der Waals surface area contributed by atoms with Gasteiger partial charge in [0, 0.05) is 40.2 Å². The minimum Gasteiger partial charge on any atom is -0.480 e. The molecule has 0 unspecified atom stereocenters. The lowest BCUT2D eigenvalue weighted by molar-refractivity contribution is -0.138. The first-order valence-electron chi connectivity index (χ1n) is 11.0. The molecule has 1 aromatic heterocycles. The van der Waals surface area contributed by atoms with Crippen LogP contribution in [0.1, 0.15) is 46.4 Å². The Morgan fingerprint density at radius 3 is 2.46 bits per heavy atom. The van der Waals surface area contributed by atoms with E-state index in [1.54, 1.807) is 30.3 Å². The monoisotopic (exact) mass is 498 g/mol. The van der Waals surface area contributed by atoms with Crippen LogP contribution in [0.5, 0.6) is 5.75 Å². The Balaban J connectivity index is 0.00000342. The number of carbonyl (C=O) groups excluding carboxylic acids is 2. The van der Waals surface area contributed by atoms with E-state index in [4.69, 9.17) is 21.0 Å². The zero-order chi connectivity index (χ0) is 24.4. The number of aryl methyl sites for hydroxylation is 2. The molecule has 0 radical (unpaired) electrons. The van der Waals surface area contributed by atoms with Crippen LogP contribution < -0.4 is 10.5 Å². The lowest BCUT2D eigenvalue weighted by Crippen LogP contribution is -2.39. The zero-order valence-electron chi connectivity index (χ0n) is 19.2. The summed E-state index contributed by atoms with van der Waals surface area (Å²) < 4.78 is 5.46. The number of aromatic amines is 1. The maximum atomic E-state index is 13.1. The average molecular weight is 499 g/mol. The van der Waals surface area contributed by atoms with Gasteiger partial charge in [0.2, 0.25) is 0 Å². The number of hydrogen-bond acceptors (Lipinski definition) is 5. The summed E-state index contributed by atoms with van der Waals surface area (Å²) in [7, 11) is 0. The number of nitrogens with two attached hydrogens (primary N) is 1. The van der Waals surface area contributed by atoms with Crippen LogP contribution in [0.4, 0.5) is 4.79 Å². The summed E-state index contributed by atoms with van der Waals surface area (Å²) in [5.41, 5.74) is 9.09. The standard InChI is InChI=1S/C25H26N4O5.ClH/c1-14-23(21(30)11-4-15-2-5-16(6-3-15)24(26)27)19-12-18(9-10-20(19)28-14)34-25(33)29(13-22(31)32)17-7-8-17;/h2-3,5-6,9-10,12,17,28H,4,7-8,11,13H2,1H3,(H3,26,27)(H,31,32);1H. The Morgan fingerprint density at radius 2 is 1.86 bits per heavy atom. The second-order valence-corrected chi connectivity index (χ2v) is 8.49. The minimum absolute atomic E-state index is 0. The molecule has 1 amide bonds. The third-order valence-corrected chi connectivity index (χ3v) is 5.87. The number of carbonyl (C=O) groups is 3. The van der Waals surface area contributed by atoms with E-state index in [0.29, 0.717) is 22.9 Å². The summed E-state index contributed by atoms with van der Waals surface area (Å²) in [4.78, 5) is 41.2. The van der Waals surface area contributed by atoms with Gasteiger partial charge in [-0.1, -0.05) is 24.3 Å². The molecule has 0 spiro atoms. The quantitative estimate of drug-likeness (QED) is 0.198. The number of aromatic nitrogens is 1. The number of ketones is 1. The highest BCUT2D eigenvalue weighted by atomic mass is 35.5. The third-order valence-electron chi connectivity index (χ3n) is 5.87. The van der Waals surface area contributed by atoms with Gasteiger partial charge in [0.05, 0.1) is 0 Å². The number of halogens is 1. The highest BCUT2D eigenvalue weighted by molar-refractivity contribution is 6.09. The fraction of sp³-hybridized carbons (Fsp3) is 0.280. The van der Waals surface area contributed by atoms with Gasteiger partial charge in [0.1, 0.15) is 18.1 Å². The summed E-state index contributed by atoms with van der Waals surface area (Å²) in [5.74, 6) is -0.893. The van der Waals surface area contributed by atoms with E-state index in [9.17, 15) is 14.4 Å². The van der Waals surface area contributed by atoms with Gasteiger partial charge in [-0.25, -0.2) is 4.79 Å². The number of carboxylic acids is 1. The number of nitrogen functional groups attached to an aromatic ring is 1. The van der Waals surface area contributed by atoms with Crippen molar-refractivity contribution in [1.82, 2.24) is 9.88 Å². The van der Waals surface area contributed by atoms with Crippen molar-refractivity contribution in [1.29, 1.82) is 5.41 Å². The van der Waals surface area contributed by atoms with E-state index in [1.807, 2.05) is 19.1 Å². The normalized spacial score (nSPS) is 12.6. The Hall–Kier alpha value is -3.85. The molecule has 5 N–H and O–H groups in total. The molecule has 184 valence electrons. The Kier molecular flexibility index (Phi) is 7.81. The topological polar surface area (TPSA) is 150 Å². The van der Waals surface area contributed by atoms with Crippen molar-refractivity contribution in [2.75, 3.05) is 6.54 Å². The van der Waals surface area contributed by atoms with Gasteiger partial charge in [0.25, 0.3) is 0 Å². The highest BCUT2D eigenvalue weighted by Gasteiger charge is 2.35. The largest absolute Gasteiger partial charge is 0.480 e. The van der Waals surface area contributed by atoms with Crippen molar-refractivity contribution in [2.24, 2.45) is 5.73 Å². The number of ether oxygens (including phenoxy) is 1. The molecule has 1 fully saturated rings. The zero-order valence-corrected chi connectivity index (χ0v) is 20.0. The molecule has 0 bridgehead atoms. The van der Waals surface area contributed by atoms with Gasteiger partial charge in [-0.15, -0.1) is 12.4 Å². The summed E-state index contributed by atoms with van der Waals surface area (Å²) in [6.07, 6.45) is 1.62. The highest BCUT2D eigenvalue weighted by Crippen LogP contribution is 2.30. The molecule has 0 aliphatic heterocycles. The van der Waals surface area contributed by atoms with Crippen molar-refractivity contribution in [3.8, 4) is 5.75 Å². The lowest BCUT2D eigenvalue weighted by Gasteiger charge is -2.19. The average Bonchev–Trinajstić information content (AvgIpc) is 3.58. The van der Waals surface area contributed by atoms with E-state index in [0.717, 1.165) is 29.6 Å². The molecular weight excluding hydrogens is 472 g/mol. The van der Waals surface area contributed by atoms with Crippen LogP contribution in [0.25, 0.3) is 10.9 Å². The maximum absolute atomic E-state index is 13.1. The van der Waals surface area contributed by atoms with Crippen molar-refractivity contribution in [2.45, 2.75) is 38.6 Å². The molecular formula is C25H27ClN4O5.